The Morgan fingerprint density at radius 1 is 0.920 bits per heavy atom. The number of aromatic nitrogens is 2. The van der Waals surface area contributed by atoms with Crippen molar-refractivity contribution in [2.75, 3.05) is 17.2 Å². The van der Waals surface area contributed by atoms with Gasteiger partial charge in [0.2, 0.25) is 0 Å². The maximum absolute atomic E-state index is 13.6. The van der Waals surface area contributed by atoms with Crippen LogP contribution >= 0.6 is 11.6 Å². The lowest BCUT2D eigenvalue weighted by molar-refractivity contribution is 0.610. The minimum absolute atomic E-state index is 0.183. The fourth-order valence-corrected chi connectivity index (χ4v) is 2.50. The molecular formula is C19H18ClFN4. The van der Waals surface area contributed by atoms with Crippen molar-refractivity contribution in [3.8, 4) is 0 Å². The summed E-state index contributed by atoms with van der Waals surface area (Å²) < 4.78 is 13.6. The number of hydrogen-bond acceptors (Lipinski definition) is 4. The lowest BCUT2D eigenvalue weighted by Gasteiger charge is -2.09. The largest absolute Gasteiger partial charge is 0.370 e. The molecule has 0 aliphatic rings. The molecule has 0 unspecified atom stereocenters. The Labute approximate surface area is 151 Å². The maximum atomic E-state index is 13.6. The van der Waals surface area contributed by atoms with Crippen LogP contribution < -0.4 is 10.6 Å². The van der Waals surface area contributed by atoms with Gasteiger partial charge in [-0.25, -0.2) is 14.4 Å². The quantitative estimate of drug-likeness (QED) is 0.652. The van der Waals surface area contributed by atoms with Gasteiger partial charge >= 0.3 is 0 Å². The van der Waals surface area contributed by atoms with Gasteiger partial charge in [-0.1, -0.05) is 41.9 Å². The van der Waals surface area contributed by atoms with E-state index in [0.29, 0.717) is 35.9 Å². The fourth-order valence-electron chi connectivity index (χ4n) is 2.37. The average Bonchev–Trinajstić information content (AvgIpc) is 2.63. The van der Waals surface area contributed by atoms with Gasteiger partial charge in [0.05, 0.1) is 0 Å². The van der Waals surface area contributed by atoms with E-state index < -0.39 is 0 Å². The van der Waals surface area contributed by atoms with Crippen LogP contribution in [-0.2, 0) is 13.0 Å². The Kier molecular flexibility index (Phi) is 5.80. The van der Waals surface area contributed by atoms with Crippen LogP contribution in [0.25, 0.3) is 0 Å². The number of benzene rings is 2. The summed E-state index contributed by atoms with van der Waals surface area (Å²) in [5.41, 5.74) is 1.79. The van der Waals surface area contributed by atoms with Gasteiger partial charge in [-0.2, -0.15) is 0 Å². The first-order valence-corrected chi connectivity index (χ1v) is 8.36. The number of halogens is 2. The zero-order valence-electron chi connectivity index (χ0n) is 13.5. The van der Waals surface area contributed by atoms with Crippen molar-refractivity contribution in [2.24, 2.45) is 0 Å². The van der Waals surface area contributed by atoms with E-state index >= 15 is 0 Å². The van der Waals surface area contributed by atoms with E-state index in [1.165, 1.54) is 12.4 Å². The van der Waals surface area contributed by atoms with Crippen LogP contribution in [0.3, 0.4) is 0 Å². The Balaban J connectivity index is 1.52. The minimum atomic E-state index is -0.183. The summed E-state index contributed by atoms with van der Waals surface area (Å²) in [5, 5.41) is 7.15. The molecule has 0 radical (unpaired) electrons. The highest BCUT2D eigenvalue weighted by atomic mass is 35.5. The number of nitrogens with zero attached hydrogens (tertiary/aromatic N) is 2. The molecule has 1 heterocycles. The zero-order valence-corrected chi connectivity index (χ0v) is 14.3. The molecule has 0 fully saturated rings. The van der Waals surface area contributed by atoms with E-state index in [4.69, 9.17) is 11.6 Å². The van der Waals surface area contributed by atoms with Crippen LogP contribution in [0.15, 0.2) is 60.9 Å². The van der Waals surface area contributed by atoms with Crippen molar-refractivity contribution < 1.29 is 4.39 Å². The molecule has 3 rings (SSSR count). The predicted octanol–water partition coefficient (Wildman–Crippen LogP) is 4.54. The normalized spacial score (nSPS) is 10.5. The summed E-state index contributed by atoms with van der Waals surface area (Å²) in [7, 11) is 0. The smallest absolute Gasteiger partial charge is 0.131 e. The molecule has 6 heteroatoms. The van der Waals surface area contributed by atoms with E-state index in [2.05, 4.69) is 20.6 Å². The second-order valence-corrected chi connectivity index (χ2v) is 5.97. The standard InChI is InChI=1S/C19H18ClFN4/c20-16-7-5-14(6-8-16)12-23-19-11-18(24-13-25-19)22-10-9-15-3-1-2-4-17(15)21/h1-8,11,13H,9-10,12H2,(H2,22,23,24,25). The van der Waals surface area contributed by atoms with Gasteiger partial charge in [-0.15, -0.1) is 0 Å². The van der Waals surface area contributed by atoms with Gasteiger partial charge in [0.15, 0.2) is 0 Å². The molecule has 0 bridgehead atoms. The van der Waals surface area contributed by atoms with E-state index in [9.17, 15) is 4.39 Å². The maximum Gasteiger partial charge on any atom is 0.131 e. The third kappa shape index (κ3) is 5.16. The van der Waals surface area contributed by atoms with Crippen molar-refractivity contribution in [3.05, 3.63) is 82.9 Å². The predicted molar refractivity (Wildman–Crippen MR) is 99.4 cm³/mol. The van der Waals surface area contributed by atoms with Crippen molar-refractivity contribution in [2.45, 2.75) is 13.0 Å². The minimum Gasteiger partial charge on any atom is -0.370 e. The highest BCUT2D eigenvalue weighted by Gasteiger charge is 2.02. The molecule has 0 amide bonds. The van der Waals surface area contributed by atoms with Crippen LogP contribution in [0, 0.1) is 5.82 Å². The second kappa shape index (κ2) is 8.44. The topological polar surface area (TPSA) is 49.8 Å². The number of nitrogens with one attached hydrogen (secondary N) is 2. The Bertz CT molecular complexity index is 824. The Morgan fingerprint density at radius 3 is 2.40 bits per heavy atom. The lowest BCUT2D eigenvalue weighted by Crippen LogP contribution is -2.08. The zero-order chi connectivity index (χ0) is 17.5. The monoisotopic (exact) mass is 356 g/mol. The molecule has 3 aromatic rings. The average molecular weight is 357 g/mol. The molecule has 0 spiro atoms. The van der Waals surface area contributed by atoms with Crippen LogP contribution in [0.1, 0.15) is 11.1 Å². The second-order valence-electron chi connectivity index (χ2n) is 5.54. The van der Waals surface area contributed by atoms with Gasteiger partial charge < -0.3 is 10.6 Å². The van der Waals surface area contributed by atoms with Crippen molar-refractivity contribution in [1.29, 1.82) is 0 Å². The van der Waals surface area contributed by atoms with E-state index in [1.807, 2.05) is 36.4 Å². The summed E-state index contributed by atoms with van der Waals surface area (Å²) in [4.78, 5) is 8.39. The van der Waals surface area contributed by atoms with Gasteiger partial charge in [-0.3, -0.25) is 0 Å². The highest BCUT2D eigenvalue weighted by molar-refractivity contribution is 6.30. The Morgan fingerprint density at radius 2 is 1.64 bits per heavy atom. The van der Waals surface area contributed by atoms with E-state index in [1.54, 1.807) is 12.1 Å². The van der Waals surface area contributed by atoms with E-state index in [-0.39, 0.29) is 5.82 Å². The fraction of sp³-hybridized carbons (Fsp3) is 0.158. The van der Waals surface area contributed by atoms with Gasteiger partial charge in [0.1, 0.15) is 23.8 Å². The lowest BCUT2D eigenvalue weighted by atomic mass is 10.1. The first-order chi connectivity index (χ1) is 12.2. The molecular weight excluding hydrogens is 339 g/mol. The first-order valence-electron chi connectivity index (χ1n) is 7.98. The highest BCUT2D eigenvalue weighted by Crippen LogP contribution is 2.13. The molecule has 0 aliphatic heterocycles. The molecule has 0 atom stereocenters. The summed E-state index contributed by atoms with van der Waals surface area (Å²) in [5.74, 6) is 1.24. The van der Waals surface area contributed by atoms with Crippen molar-refractivity contribution in [3.63, 3.8) is 0 Å². The van der Waals surface area contributed by atoms with Crippen LogP contribution in [0.2, 0.25) is 5.02 Å². The van der Waals surface area contributed by atoms with Crippen LogP contribution in [0.5, 0.6) is 0 Å². The molecule has 0 saturated heterocycles. The first kappa shape index (κ1) is 17.2. The SMILES string of the molecule is Fc1ccccc1CCNc1cc(NCc2ccc(Cl)cc2)ncn1. The molecule has 25 heavy (non-hydrogen) atoms. The number of anilines is 2. The van der Waals surface area contributed by atoms with Crippen molar-refractivity contribution >= 4 is 23.2 Å². The third-order valence-electron chi connectivity index (χ3n) is 3.71. The molecule has 4 nitrogen and oxygen atoms in total. The van der Waals surface area contributed by atoms with Crippen LogP contribution in [0.4, 0.5) is 16.0 Å². The Hall–Kier alpha value is -2.66. The number of rotatable bonds is 7. The number of hydrogen-bond donors (Lipinski definition) is 2. The summed E-state index contributed by atoms with van der Waals surface area (Å²) in [6, 6.07) is 16.3. The third-order valence-corrected chi connectivity index (χ3v) is 3.96. The molecule has 128 valence electrons. The van der Waals surface area contributed by atoms with Crippen molar-refractivity contribution in [1.82, 2.24) is 9.97 Å². The van der Waals surface area contributed by atoms with Crippen LogP contribution in [-0.4, -0.2) is 16.5 Å². The molecule has 1 aromatic heterocycles. The summed E-state index contributed by atoms with van der Waals surface area (Å²) >= 11 is 5.88. The summed E-state index contributed by atoms with van der Waals surface area (Å²) in [6.45, 7) is 1.23. The molecule has 2 N–H and O–H groups in total. The molecule has 2 aromatic carbocycles. The van der Waals surface area contributed by atoms with Gasteiger partial charge in [0, 0.05) is 24.2 Å². The van der Waals surface area contributed by atoms with Gasteiger partial charge in [0.25, 0.3) is 0 Å². The van der Waals surface area contributed by atoms with E-state index in [0.717, 1.165) is 11.4 Å². The van der Waals surface area contributed by atoms with Gasteiger partial charge in [-0.05, 0) is 35.7 Å². The molecule has 0 aliphatic carbocycles. The summed E-state index contributed by atoms with van der Waals surface area (Å²) in [6.07, 6.45) is 2.08. The molecule has 0 saturated carbocycles.